The third kappa shape index (κ3) is 3.15. The number of ether oxygens (including phenoxy) is 2. The van der Waals surface area contributed by atoms with Gasteiger partial charge in [-0.15, -0.1) is 0 Å². The molecule has 2 fully saturated rings. The molecule has 1 aromatic carbocycles. The molecule has 7 nitrogen and oxygen atoms in total. The van der Waals surface area contributed by atoms with Crippen molar-refractivity contribution in [2.45, 2.75) is 13.0 Å². The molecule has 2 heterocycles. The van der Waals surface area contributed by atoms with Crippen LogP contribution in [0.15, 0.2) is 18.2 Å². The molecule has 0 aromatic heterocycles. The van der Waals surface area contributed by atoms with Gasteiger partial charge < -0.3 is 19.3 Å². The van der Waals surface area contributed by atoms with Crippen molar-refractivity contribution in [3.63, 3.8) is 0 Å². The van der Waals surface area contributed by atoms with Crippen molar-refractivity contribution in [3.05, 3.63) is 28.3 Å². The Bertz CT molecular complexity index is 546. The predicted molar refractivity (Wildman–Crippen MR) is 83.8 cm³/mol. The minimum atomic E-state index is -0.321. The zero-order chi connectivity index (χ0) is 15.5. The first-order chi connectivity index (χ1) is 10.6. The van der Waals surface area contributed by atoms with Gasteiger partial charge in [0, 0.05) is 49.2 Å². The van der Waals surface area contributed by atoms with Gasteiger partial charge in [-0.05, 0) is 13.0 Å². The molecule has 22 heavy (non-hydrogen) atoms. The maximum absolute atomic E-state index is 11.3. The molecule has 1 aromatic rings. The van der Waals surface area contributed by atoms with Gasteiger partial charge >= 0.3 is 0 Å². The van der Waals surface area contributed by atoms with Gasteiger partial charge in [0.05, 0.1) is 31.4 Å². The van der Waals surface area contributed by atoms with E-state index in [0.29, 0.717) is 26.4 Å². The molecular weight excluding hydrogens is 286 g/mol. The first kappa shape index (κ1) is 15.1. The number of morpholine rings is 2. The summed E-state index contributed by atoms with van der Waals surface area (Å²) in [6.45, 7) is 6.98. The Morgan fingerprint density at radius 1 is 1.09 bits per heavy atom. The smallest absolute Gasteiger partial charge is 0.273 e. The quantitative estimate of drug-likeness (QED) is 0.625. The van der Waals surface area contributed by atoms with Crippen molar-refractivity contribution in [3.8, 4) is 0 Å². The number of nitro benzene ring substituents is 1. The van der Waals surface area contributed by atoms with Gasteiger partial charge in [0.15, 0.2) is 0 Å². The second-order valence-electron chi connectivity index (χ2n) is 5.68. The van der Waals surface area contributed by atoms with Crippen LogP contribution in [0.3, 0.4) is 0 Å². The second-order valence-corrected chi connectivity index (χ2v) is 5.68. The number of rotatable bonds is 3. The zero-order valence-electron chi connectivity index (χ0n) is 12.7. The highest BCUT2D eigenvalue weighted by molar-refractivity contribution is 5.66. The fourth-order valence-corrected chi connectivity index (χ4v) is 2.97. The summed E-state index contributed by atoms with van der Waals surface area (Å²) in [7, 11) is 0. The van der Waals surface area contributed by atoms with Gasteiger partial charge in [-0.1, -0.05) is 0 Å². The molecule has 0 amide bonds. The Morgan fingerprint density at radius 2 is 1.77 bits per heavy atom. The lowest BCUT2D eigenvalue weighted by Crippen LogP contribution is -2.44. The molecule has 0 spiro atoms. The molecule has 2 saturated heterocycles. The molecule has 120 valence electrons. The van der Waals surface area contributed by atoms with Crippen LogP contribution in [0.5, 0.6) is 0 Å². The van der Waals surface area contributed by atoms with Gasteiger partial charge in [0.25, 0.3) is 5.69 Å². The van der Waals surface area contributed by atoms with E-state index in [1.54, 1.807) is 12.1 Å². The van der Waals surface area contributed by atoms with Crippen LogP contribution in [0.25, 0.3) is 0 Å². The van der Waals surface area contributed by atoms with Crippen LogP contribution >= 0.6 is 0 Å². The van der Waals surface area contributed by atoms with E-state index in [1.807, 2.05) is 6.07 Å². The summed E-state index contributed by atoms with van der Waals surface area (Å²) < 4.78 is 10.8. The van der Waals surface area contributed by atoms with Crippen LogP contribution < -0.4 is 9.80 Å². The maximum atomic E-state index is 11.3. The fraction of sp³-hybridized carbons (Fsp3) is 0.600. The number of non-ortho nitro benzene ring substituents is 1. The van der Waals surface area contributed by atoms with Crippen LogP contribution in [-0.4, -0.2) is 57.0 Å². The van der Waals surface area contributed by atoms with Gasteiger partial charge in [0.1, 0.15) is 0 Å². The van der Waals surface area contributed by atoms with Crippen LogP contribution in [-0.2, 0) is 9.47 Å². The average Bonchev–Trinajstić information content (AvgIpc) is 2.55. The van der Waals surface area contributed by atoms with Gasteiger partial charge in [-0.25, -0.2) is 0 Å². The van der Waals surface area contributed by atoms with E-state index in [2.05, 4.69) is 16.7 Å². The molecule has 2 aliphatic rings. The summed E-state index contributed by atoms with van der Waals surface area (Å²) in [5, 5.41) is 11.3. The number of hydrogen-bond acceptors (Lipinski definition) is 6. The predicted octanol–water partition coefficient (Wildman–Crippen LogP) is 1.66. The van der Waals surface area contributed by atoms with E-state index in [9.17, 15) is 10.1 Å². The molecule has 1 atom stereocenters. The monoisotopic (exact) mass is 307 g/mol. The first-order valence-electron chi connectivity index (χ1n) is 7.62. The second kappa shape index (κ2) is 6.50. The number of hydrogen-bond donors (Lipinski definition) is 0. The largest absolute Gasteiger partial charge is 0.378 e. The minimum Gasteiger partial charge on any atom is -0.378 e. The van der Waals surface area contributed by atoms with Crippen molar-refractivity contribution in [1.82, 2.24) is 0 Å². The molecule has 0 N–H and O–H groups in total. The number of nitro groups is 1. The van der Waals surface area contributed by atoms with Gasteiger partial charge in [0.2, 0.25) is 0 Å². The standard InChI is InChI=1S/C15H21N3O4/c1-12-11-22-7-4-17(12)14-8-13(9-15(10-14)18(19)20)16-2-5-21-6-3-16/h8-10,12H,2-7,11H2,1H3. The molecule has 3 rings (SSSR count). The van der Waals surface area contributed by atoms with E-state index in [-0.39, 0.29) is 16.7 Å². The molecule has 2 aliphatic heterocycles. The SMILES string of the molecule is CC1COCCN1c1cc(N2CCOCC2)cc([N+](=O)[O-])c1. The van der Waals surface area contributed by atoms with E-state index in [0.717, 1.165) is 31.0 Å². The Kier molecular flexibility index (Phi) is 4.44. The van der Waals surface area contributed by atoms with Gasteiger partial charge in [-0.3, -0.25) is 10.1 Å². The first-order valence-corrected chi connectivity index (χ1v) is 7.62. The molecule has 0 saturated carbocycles. The highest BCUT2D eigenvalue weighted by atomic mass is 16.6. The van der Waals surface area contributed by atoms with E-state index in [1.165, 1.54) is 0 Å². The van der Waals surface area contributed by atoms with Crippen molar-refractivity contribution < 1.29 is 14.4 Å². The lowest BCUT2D eigenvalue weighted by atomic mass is 10.1. The highest BCUT2D eigenvalue weighted by Crippen LogP contribution is 2.31. The third-order valence-corrected chi connectivity index (χ3v) is 4.17. The Morgan fingerprint density at radius 3 is 2.45 bits per heavy atom. The Hall–Kier alpha value is -1.86. The minimum absolute atomic E-state index is 0.137. The zero-order valence-corrected chi connectivity index (χ0v) is 12.7. The molecule has 7 heteroatoms. The number of nitrogens with zero attached hydrogens (tertiary/aromatic N) is 3. The summed E-state index contributed by atoms with van der Waals surface area (Å²) in [4.78, 5) is 15.3. The molecular formula is C15H21N3O4. The average molecular weight is 307 g/mol. The van der Waals surface area contributed by atoms with Crippen molar-refractivity contribution in [2.24, 2.45) is 0 Å². The lowest BCUT2D eigenvalue weighted by Gasteiger charge is -2.36. The van der Waals surface area contributed by atoms with Crippen molar-refractivity contribution >= 4 is 17.1 Å². The lowest BCUT2D eigenvalue weighted by molar-refractivity contribution is -0.384. The van der Waals surface area contributed by atoms with Crippen LogP contribution in [0, 0.1) is 10.1 Å². The van der Waals surface area contributed by atoms with E-state index >= 15 is 0 Å². The summed E-state index contributed by atoms with van der Waals surface area (Å²) in [6, 6.07) is 5.57. The number of benzene rings is 1. The molecule has 1 unspecified atom stereocenters. The van der Waals surface area contributed by atoms with Gasteiger partial charge in [-0.2, -0.15) is 0 Å². The Balaban J connectivity index is 1.94. The van der Waals surface area contributed by atoms with Crippen molar-refractivity contribution in [1.29, 1.82) is 0 Å². The van der Waals surface area contributed by atoms with E-state index < -0.39 is 0 Å². The summed E-state index contributed by atoms with van der Waals surface area (Å²) in [6.07, 6.45) is 0. The molecule has 0 aliphatic carbocycles. The van der Waals surface area contributed by atoms with Crippen LogP contribution in [0.4, 0.5) is 17.1 Å². The topological polar surface area (TPSA) is 68.1 Å². The third-order valence-electron chi connectivity index (χ3n) is 4.17. The summed E-state index contributed by atoms with van der Waals surface area (Å²) in [5.74, 6) is 0. The number of anilines is 2. The van der Waals surface area contributed by atoms with Crippen molar-refractivity contribution in [2.75, 3.05) is 55.9 Å². The molecule has 0 radical (unpaired) electrons. The maximum Gasteiger partial charge on any atom is 0.273 e. The van der Waals surface area contributed by atoms with Crippen LogP contribution in [0.1, 0.15) is 6.92 Å². The molecule has 0 bridgehead atoms. The summed E-state index contributed by atoms with van der Waals surface area (Å²) >= 11 is 0. The van der Waals surface area contributed by atoms with Crippen LogP contribution in [0.2, 0.25) is 0 Å². The Labute approximate surface area is 129 Å². The fourth-order valence-electron chi connectivity index (χ4n) is 2.97. The summed E-state index contributed by atoms with van der Waals surface area (Å²) in [5.41, 5.74) is 1.93. The van der Waals surface area contributed by atoms with E-state index in [4.69, 9.17) is 9.47 Å². The highest BCUT2D eigenvalue weighted by Gasteiger charge is 2.23. The normalized spacial score (nSPS) is 22.7.